The van der Waals surface area contributed by atoms with Crippen LogP contribution in [0.15, 0.2) is 24.3 Å². The molecule has 1 atom stereocenters. The van der Waals surface area contributed by atoms with E-state index in [0.717, 1.165) is 5.56 Å². The molecular weight excluding hydrogens is 143 g/mol. The van der Waals surface area contributed by atoms with Crippen molar-refractivity contribution in [3.8, 4) is 0 Å². The lowest BCUT2D eigenvalue weighted by molar-refractivity contribution is 0.596. The first-order chi connectivity index (χ1) is 5.24. The molecule has 0 saturated carbocycles. The van der Waals surface area contributed by atoms with Crippen LogP contribution in [0.3, 0.4) is 0 Å². The van der Waals surface area contributed by atoms with Crippen molar-refractivity contribution in [1.29, 1.82) is 0 Å². The second kappa shape index (κ2) is 3.46. The molecule has 60 valence electrons. The van der Waals surface area contributed by atoms with E-state index in [-0.39, 0.29) is 12.0 Å². The van der Waals surface area contributed by atoms with Crippen LogP contribution in [-0.2, 0) is 0 Å². The Bertz CT molecular complexity index is 237. The third-order valence-electron chi connectivity index (χ3n) is 1.52. The van der Waals surface area contributed by atoms with Crippen LogP contribution in [0.4, 0.5) is 4.39 Å². The van der Waals surface area contributed by atoms with E-state index >= 15 is 0 Å². The average Bonchev–Trinajstić information content (AvgIpc) is 2.03. The van der Waals surface area contributed by atoms with Crippen molar-refractivity contribution in [1.82, 2.24) is 5.32 Å². The zero-order chi connectivity index (χ0) is 8.27. The van der Waals surface area contributed by atoms with Gasteiger partial charge in [-0.2, -0.15) is 0 Å². The highest BCUT2D eigenvalue weighted by Gasteiger charge is 2.01. The Morgan fingerprint density at radius 3 is 2.82 bits per heavy atom. The average molecular weight is 154 g/mol. The highest BCUT2D eigenvalue weighted by atomic mass is 19.1. The lowest BCUT2D eigenvalue weighted by Crippen LogP contribution is -2.24. The number of nitrogens with two attached hydrogens (primary N) is 1. The fourth-order valence-corrected chi connectivity index (χ4v) is 0.867. The summed E-state index contributed by atoms with van der Waals surface area (Å²) in [6.07, 6.45) is -0.286. The Balaban J connectivity index is 2.86. The van der Waals surface area contributed by atoms with E-state index in [1.54, 1.807) is 19.2 Å². The lowest BCUT2D eigenvalue weighted by atomic mass is 10.2. The van der Waals surface area contributed by atoms with Gasteiger partial charge in [0.1, 0.15) is 5.82 Å². The lowest BCUT2D eigenvalue weighted by Gasteiger charge is -2.09. The van der Waals surface area contributed by atoms with E-state index in [4.69, 9.17) is 5.73 Å². The molecule has 0 bridgehead atoms. The maximum Gasteiger partial charge on any atom is 0.123 e. The summed E-state index contributed by atoms with van der Waals surface area (Å²) in [5.41, 5.74) is 6.34. The Kier molecular flexibility index (Phi) is 2.57. The van der Waals surface area contributed by atoms with Gasteiger partial charge in [-0.15, -0.1) is 0 Å². The van der Waals surface area contributed by atoms with Crippen molar-refractivity contribution in [2.45, 2.75) is 6.17 Å². The first-order valence-electron chi connectivity index (χ1n) is 3.42. The largest absolute Gasteiger partial charge is 0.312 e. The van der Waals surface area contributed by atoms with Gasteiger partial charge >= 0.3 is 0 Å². The van der Waals surface area contributed by atoms with Gasteiger partial charge in [0.25, 0.3) is 0 Å². The smallest absolute Gasteiger partial charge is 0.123 e. The molecule has 0 heterocycles. The minimum absolute atomic E-state index is 0.256. The van der Waals surface area contributed by atoms with E-state index in [1.807, 2.05) is 0 Å². The summed E-state index contributed by atoms with van der Waals surface area (Å²) < 4.78 is 12.6. The molecule has 3 heteroatoms. The van der Waals surface area contributed by atoms with Crippen LogP contribution in [-0.4, -0.2) is 7.05 Å². The van der Waals surface area contributed by atoms with Crippen molar-refractivity contribution in [3.05, 3.63) is 35.6 Å². The highest BCUT2D eigenvalue weighted by Crippen LogP contribution is 2.08. The van der Waals surface area contributed by atoms with Crippen molar-refractivity contribution in [3.63, 3.8) is 0 Å². The molecule has 11 heavy (non-hydrogen) atoms. The Morgan fingerprint density at radius 1 is 1.55 bits per heavy atom. The zero-order valence-corrected chi connectivity index (χ0v) is 6.34. The standard InChI is InChI=1S/C8H11FN2/c1-11-8(10)6-3-2-4-7(9)5-6/h2-5,8,11H,10H2,1H3. The van der Waals surface area contributed by atoms with Crippen molar-refractivity contribution in [2.75, 3.05) is 7.05 Å². The summed E-state index contributed by atoms with van der Waals surface area (Å²) in [5.74, 6) is -0.256. The van der Waals surface area contributed by atoms with Gasteiger partial charge in [0, 0.05) is 0 Å². The fraction of sp³-hybridized carbons (Fsp3) is 0.250. The first kappa shape index (κ1) is 8.17. The third-order valence-corrected chi connectivity index (χ3v) is 1.52. The second-order valence-electron chi connectivity index (χ2n) is 2.32. The summed E-state index contributed by atoms with van der Waals surface area (Å²) in [6.45, 7) is 0. The summed E-state index contributed by atoms with van der Waals surface area (Å²) >= 11 is 0. The van der Waals surface area contributed by atoms with E-state index in [2.05, 4.69) is 5.32 Å². The van der Waals surface area contributed by atoms with Crippen LogP contribution in [0, 0.1) is 5.82 Å². The molecule has 0 aliphatic carbocycles. The Hall–Kier alpha value is -0.930. The third kappa shape index (κ3) is 2.00. The molecule has 1 aromatic rings. The number of nitrogens with one attached hydrogen (secondary N) is 1. The quantitative estimate of drug-likeness (QED) is 0.624. The van der Waals surface area contributed by atoms with Crippen LogP contribution in [0.1, 0.15) is 11.7 Å². The maximum absolute atomic E-state index is 12.6. The Labute approximate surface area is 65.2 Å². The molecule has 2 nitrogen and oxygen atoms in total. The van der Waals surface area contributed by atoms with Gasteiger partial charge in [-0.25, -0.2) is 4.39 Å². The van der Waals surface area contributed by atoms with Gasteiger partial charge in [-0.1, -0.05) is 12.1 Å². The molecule has 3 N–H and O–H groups in total. The maximum atomic E-state index is 12.6. The topological polar surface area (TPSA) is 38.0 Å². The van der Waals surface area contributed by atoms with Gasteiger partial charge in [0.15, 0.2) is 0 Å². The van der Waals surface area contributed by atoms with Crippen molar-refractivity contribution < 1.29 is 4.39 Å². The molecule has 0 saturated heterocycles. The second-order valence-corrected chi connectivity index (χ2v) is 2.32. The van der Waals surface area contributed by atoms with Gasteiger partial charge in [-0.05, 0) is 24.7 Å². The number of halogens is 1. The number of rotatable bonds is 2. The molecule has 1 rings (SSSR count). The number of benzene rings is 1. The highest BCUT2D eigenvalue weighted by molar-refractivity contribution is 5.18. The monoisotopic (exact) mass is 154 g/mol. The van der Waals surface area contributed by atoms with Crippen LogP contribution in [0.25, 0.3) is 0 Å². The van der Waals surface area contributed by atoms with Crippen molar-refractivity contribution in [2.24, 2.45) is 5.73 Å². The summed E-state index contributed by atoms with van der Waals surface area (Å²) in [4.78, 5) is 0. The molecule has 0 aromatic heterocycles. The normalized spacial score (nSPS) is 13.0. The zero-order valence-electron chi connectivity index (χ0n) is 6.34. The van der Waals surface area contributed by atoms with Gasteiger partial charge in [-0.3, -0.25) is 0 Å². The molecule has 0 fully saturated rings. The molecule has 0 aliphatic rings. The van der Waals surface area contributed by atoms with Gasteiger partial charge in [0.2, 0.25) is 0 Å². The SMILES string of the molecule is CNC(N)c1cccc(F)c1. The van der Waals surface area contributed by atoms with Crippen LogP contribution < -0.4 is 11.1 Å². The number of hydrogen-bond acceptors (Lipinski definition) is 2. The molecule has 0 radical (unpaired) electrons. The predicted octanol–water partition coefficient (Wildman–Crippen LogP) is 1.00. The van der Waals surface area contributed by atoms with E-state index < -0.39 is 0 Å². The van der Waals surface area contributed by atoms with Crippen LogP contribution >= 0.6 is 0 Å². The predicted molar refractivity (Wildman–Crippen MR) is 42.4 cm³/mol. The minimum atomic E-state index is -0.286. The van der Waals surface area contributed by atoms with Gasteiger partial charge in [0.05, 0.1) is 6.17 Å². The van der Waals surface area contributed by atoms with Crippen LogP contribution in [0.2, 0.25) is 0 Å². The number of hydrogen-bond donors (Lipinski definition) is 2. The summed E-state index contributed by atoms with van der Waals surface area (Å²) in [7, 11) is 1.73. The molecule has 0 amide bonds. The summed E-state index contributed by atoms with van der Waals surface area (Å²) in [6, 6.07) is 6.24. The summed E-state index contributed by atoms with van der Waals surface area (Å²) in [5, 5.41) is 2.82. The van der Waals surface area contributed by atoms with Gasteiger partial charge < -0.3 is 11.1 Å². The van der Waals surface area contributed by atoms with Crippen LogP contribution in [0.5, 0.6) is 0 Å². The van der Waals surface area contributed by atoms with E-state index in [1.165, 1.54) is 12.1 Å². The van der Waals surface area contributed by atoms with Crippen molar-refractivity contribution >= 4 is 0 Å². The minimum Gasteiger partial charge on any atom is -0.312 e. The Morgan fingerprint density at radius 2 is 2.27 bits per heavy atom. The molecular formula is C8H11FN2. The van der Waals surface area contributed by atoms with E-state index in [0.29, 0.717) is 0 Å². The fourth-order valence-electron chi connectivity index (χ4n) is 0.867. The molecule has 0 aliphatic heterocycles. The first-order valence-corrected chi connectivity index (χ1v) is 3.42. The molecule has 1 aromatic carbocycles. The molecule has 0 spiro atoms. The molecule has 1 unspecified atom stereocenters. The van der Waals surface area contributed by atoms with E-state index in [9.17, 15) is 4.39 Å².